The Morgan fingerprint density at radius 3 is 2.81 bits per heavy atom. The van der Waals surface area contributed by atoms with Crippen molar-refractivity contribution in [1.82, 2.24) is 25.1 Å². The van der Waals surface area contributed by atoms with Gasteiger partial charge in [0.25, 0.3) is 11.8 Å². The number of fused-ring (bicyclic) bond motifs is 1. The van der Waals surface area contributed by atoms with Gasteiger partial charge in [0.05, 0.1) is 11.8 Å². The van der Waals surface area contributed by atoms with E-state index in [1.807, 2.05) is 18.7 Å². The van der Waals surface area contributed by atoms with Crippen LogP contribution in [0.1, 0.15) is 58.9 Å². The molecule has 8 heteroatoms. The van der Waals surface area contributed by atoms with Crippen LogP contribution in [0, 0.1) is 0 Å². The first-order chi connectivity index (χ1) is 13.1. The van der Waals surface area contributed by atoms with Crippen molar-refractivity contribution in [2.75, 3.05) is 40.3 Å². The van der Waals surface area contributed by atoms with Crippen molar-refractivity contribution in [2.24, 2.45) is 0 Å². The van der Waals surface area contributed by atoms with Crippen molar-refractivity contribution in [3.05, 3.63) is 17.2 Å². The number of carbonyl (C=O) groups is 2. The Bertz CT molecular complexity index is 665. The third-order valence-corrected chi connectivity index (χ3v) is 5.12. The first-order valence-corrected chi connectivity index (χ1v) is 9.98. The number of ether oxygens (including phenoxy) is 1. The van der Waals surface area contributed by atoms with Gasteiger partial charge in [0, 0.05) is 26.2 Å². The third-order valence-electron chi connectivity index (χ3n) is 5.12. The van der Waals surface area contributed by atoms with Crippen LogP contribution in [0.2, 0.25) is 0 Å². The van der Waals surface area contributed by atoms with Gasteiger partial charge in [-0.15, -0.1) is 0 Å². The number of nitrogens with zero attached hydrogens (tertiary/aromatic N) is 3. The average Bonchev–Trinajstić information content (AvgIpc) is 3.30. The standard InChI is InChI=1S/C19H31N5O3/c1-23(2)10-6-9-20-18(25)16-15-8-3-4-11-24(15)17(22-16)19(26)21-13-14-7-5-12-27-14/h14H,3-13H2,1-2H3,(H,20,25)(H,21,26). The van der Waals surface area contributed by atoms with E-state index in [-0.39, 0.29) is 17.9 Å². The van der Waals surface area contributed by atoms with Crippen molar-refractivity contribution < 1.29 is 14.3 Å². The van der Waals surface area contributed by atoms with Crippen LogP contribution >= 0.6 is 0 Å². The van der Waals surface area contributed by atoms with Crippen LogP contribution in [-0.2, 0) is 17.7 Å². The molecule has 0 bridgehead atoms. The van der Waals surface area contributed by atoms with Crippen molar-refractivity contribution in [3.63, 3.8) is 0 Å². The maximum Gasteiger partial charge on any atom is 0.287 e. The summed E-state index contributed by atoms with van der Waals surface area (Å²) in [6, 6.07) is 0. The predicted octanol–water partition coefficient (Wildman–Crippen LogP) is 0.810. The molecular formula is C19H31N5O3. The zero-order chi connectivity index (χ0) is 19.2. The summed E-state index contributed by atoms with van der Waals surface area (Å²) in [5, 5.41) is 5.86. The van der Waals surface area contributed by atoms with Crippen molar-refractivity contribution in [3.8, 4) is 0 Å². The van der Waals surface area contributed by atoms with E-state index in [9.17, 15) is 9.59 Å². The van der Waals surface area contributed by atoms with Gasteiger partial charge in [0.1, 0.15) is 5.69 Å². The highest BCUT2D eigenvalue weighted by Crippen LogP contribution is 2.21. The first-order valence-electron chi connectivity index (χ1n) is 9.98. The minimum Gasteiger partial charge on any atom is -0.376 e. The molecule has 2 aliphatic heterocycles. The molecule has 0 saturated carbocycles. The maximum absolute atomic E-state index is 12.7. The summed E-state index contributed by atoms with van der Waals surface area (Å²) < 4.78 is 7.48. The third kappa shape index (κ3) is 5.07. The molecule has 0 aromatic carbocycles. The van der Waals surface area contributed by atoms with Crippen molar-refractivity contribution in [1.29, 1.82) is 0 Å². The van der Waals surface area contributed by atoms with Crippen molar-refractivity contribution in [2.45, 2.75) is 51.2 Å². The van der Waals surface area contributed by atoms with Crippen molar-refractivity contribution >= 4 is 11.8 Å². The van der Waals surface area contributed by atoms with E-state index < -0.39 is 0 Å². The van der Waals surface area contributed by atoms with E-state index >= 15 is 0 Å². The Hall–Kier alpha value is -1.93. The van der Waals surface area contributed by atoms with Gasteiger partial charge in [-0.05, 0) is 59.2 Å². The molecule has 150 valence electrons. The fourth-order valence-electron chi connectivity index (χ4n) is 3.67. The summed E-state index contributed by atoms with van der Waals surface area (Å²) in [7, 11) is 4.02. The Balaban J connectivity index is 1.65. The molecule has 0 aliphatic carbocycles. The molecule has 2 amide bonds. The summed E-state index contributed by atoms with van der Waals surface area (Å²) in [5.41, 5.74) is 1.29. The van der Waals surface area contributed by atoms with Crippen LogP contribution in [0.25, 0.3) is 0 Å². The van der Waals surface area contributed by atoms with Gasteiger partial charge in [-0.1, -0.05) is 0 Å². The Labute approximate surface area is 160 Å². The summed E-state index contributed by atoms with van der Waals surface area (Å²) in [6.45, 7) is 3.51. The molecule has 1 saturated heterocycles. The SMILES string of the molecule is CN(C)CCCNC(=O)c1nc(C(=O)NCC2CCCO2)n2c1CCCC2. The lowest BCUT2D eigenvalue weighted by Gasteiger charge is -2.17. The van der Waals surface area contributed by atoms with Crippen LogP contribution in [0.4, 0.5) is 0 Å². The van der Waals surface area contributed by atoms with Gasteiger partial charge < -0.3 is 24.8 Å². The minimum absolute atomic E-state index is 0.0872. The Morgan fingerprint density at radius 1 is 1.22 bits per heavy atom. The highest BCUT2D eigenvalue weighted by Gasteiger charge is 2.28. The molecule has 2 N–H and O–H groups in total. The van der Waals surface area contributed by atoms with E-state index in [2.05, 4.69) is 20.5 Å². The molecule has 8 nitrogen and oxygen atoms in total. The molecule has 0 radical (unpaired) electrons. The average molecular weight is 377 g/mol. The molecule has 3 heterocycles. The van der Waals surface area contributed by atoms with E-state index in [4.69, 9.17) is 4.74 Å². The minimum atomic E-state index is -0.222. The largest absolute Gasteiger partial charge is 0.376 e. The van der Waals surface area contributed by atoms with Crippen LogP contribution in [-0.4, -0.2) is 72.7 Å². The molecule has 1 fully saturated rings. The quantitative estimate of drug-likeness (QED) is 0.655. The van der Waals surface area contributed by atoms with Gasteiger partial charge in [-0.2, -0.15) is 0 Å². The van der Waals surface area contributed by atoms with E-state index in [1.54, 1.807) is 0 Å². The lowest BCUT2D eigenvalue weighted by Crippen LogP contribution is -2.34. The summed E-state index contributed by atoms with van der Waals surface area (Å²) in [5.74, 6) is -0.0565. The van der Waals surface area contributed by atoms with Crippen LogP contribution in [0.5, 0.6) is 0 Å². The van der Waals surface area contributed by atoms with Crippen LogP contribution in [0.15, 0.2) is 0 Å². The molecule has 1 aromatic heterocycles. The zero-order valence-electron chi connectivity index (χ0n) is 16.4. The Morgan fingerprint density at radius 2 is 2.07 bits per heavy atom. The van der Waals surface area contributed by atoms with Gasteiger partial charge in [-0.3, -0.25) is 9.59 Å². The monoisotopic (exact) mass is 377 g/mol. The smallest absolute Gasteiger partial charge is 0.287 e. The Kier molecular flexibility index (Phi) is 6.84. The first kappa shape index (κ1) is 19.8. The fourth-order valence-corrected chi connectivity index (χ4v) is 3.67. The molecule has 3 rings (SSSR count). The number of carbonyl (C=O) groups excluding carboxylic acids is 2. The van der Waals surface area contributed by atoms with E-state index in [0.717, 1.165) is 63.9 Å². The number of aromatic nitrogens is 2. The van der Waals surface area contributed by atoms with Gasteiger partial charge in [-0.25, -0.2) is 4.98 Å². The molecule has 2 aliphatic rings. The summed E-state index contributed by atoms with van der Waals surface area (Å²) >= 11 is 0. The molecule has 1 atom stereocenters. The number of hydrogen-bond donors (Lipinski definition) is 2. The number of nitrogens with one attached hydrogen (secondary N) is 2. The summed E-state index contributed by atoms with van der Waals surface area (Å²) in [4.78, 5) is 31.8. The zero-order valence-corrected chi connectivity index (χ0v) is 16.4. The van der Waals surface area contributed by atoms with E-state index in [1.165, 1.54) is 0 Å². The predicted molar refractivity (Wildman–Crippen MR) is 102 cm³/mol. The van der Waals surface area contributed by atoms with Crippen LogP contribution < -0.4 is 10.6 Å². The normalized spacial score (nSPS) is 19.1. The number of hydrogen-bond acceptors (Lipinski definition) is 5. The molecule has 1 aromatic rings. The van der Waals surface area contributed by atoms with Gasteiger partial charge in [0.2, 0.25) is 0 Å². The second-order valence-electron chi connectivity index (χ2n) is 7.60. The van der Waals surface area contributed by atoms with Crippen LogP contribution in [0.3, 0.4) is 0 Å². The molecular weight excluding hydrogens is 346 g/mol. The summed E-state index contributed by atoms with van der Waals surface area (Å²) in [6.07, 6.45) is 5.78. The molecule has 1 unspecified atom stereocenters. The second kappa shape index (κ2) is 9.32. The van der Waals surface area contributed by atoms with Gasteiger partial charge >= 0.3 is 0 Å². The lowest BCUT2D eigenvalue weighted by molar-refractivity contribution is 0.0845. The second-order valence-corrected chi connectivity index (χ2v) is 7.60. The maximum atomic E-state index is 12.7. The molecule has 0 spiro atoms. The number of imidazole rings is 1. The highest BCUT2D eigenvalue weighted by molar-refractivity contribution is 5.97. The highest BCUT2D eigenvalue weighted by atomic mass is 16.5. The number of rotatable bonds is 8. The van der Waals surface area contributed by atoms with E-state index in [0.29, 0.717) is 24.6 Å². The lowest BCUT2D eigenvalue weighted by atomic mass is 10.1. The number of amides is 2. The van der Waals surface area contributed by atoms with Gasteiger partial charge in [0.15, 0.2) is 5.82 Å². The molecule has 27 heavy (non-hydrogen) atoms. The topological polar surface area (TPSA) is 88.5 Å². The fraction of sp³-hybridized carbons (Fsp3) is 0.737.